The minimum absolute atomic E-state index is 0.542. The van der Waals surface area contributed by atoms with Crippen LogP contribution in [0.25, 0.3) is 22.3 Å². The highest BCUT2D eigenvalue weighted by atomic mass is 16.4. The van der Waals surface area contributed by atoms with E-state index in [1.165, 1.54) is 4.90 Å². The van der Waals surface area contributed by atoms with Crippen LogP contribution in [-0.4, -0.2) is 42.3 Å². The molecule has 0 saturated carbocycles. The summed E-state index contributed by atoms with van der Waals surface area (Å²) in [5.74, 6) is 0.860. The lowest BCUT2D eigenvalue weighted by Crippen LogP contribution is -2.48. The predicted molar refractivity (Wildman–Crippen MR) is 93.5 cm³/mol. The zero-order valence-electron chi connectivity index (χ0n) is 13.2. The molecule has 1 saturated heterocycles. The van der Waals surface area contributed by atoms with Crippen LogP contribution in [0.3, 0.4) is 0 Å². The van der Waals surface area contributed by atoms with Gasteiger partial charge in [0.05, 0.1) is 0 Å². The summed E-state index contributed by atoms with van der Waals surface area (Å²) < 4.78 is 5.89. The topological polar surface area (TPSA) is 56.9 Å². The molecule has 24 heavy (non-hydrogen) atoms. The van der Waals surface area contributed by atoms with Gasteiger partial charge in [-0.15, -0.1) is 0 Å². The van der Waals surface area contributed by atoms with Crippen molar-refractivity contribution in [2.75, 3.05) is 31.1 Å². The number of hydrogen-bond acceptors (Lipinski definition) is 3. The van der Waals surface area contributed by atoms with Gasteiger partial charge in [-0.1, -0.05) is 18.2 Å². The molecule has 122 valence electrons. The first-order valence-electron chi connectivity index (χ1n) is 8.02. The van der Waals surface area contributed by atoms with Gasteiger partial charge >= 0.3 is 6.09 Å². The minimum Gasteiger partial charge on any atom is -0.465 e. The Balaban J connectivity index is 1.51. The largest absolute Gasteiger partial charge is 0.465 e. The Morgan fingerprint density at radius 2 is 1.67 bits per heavy atom. The molecule has 0 unspecified atom stereocenters. The number of fused-ring (bicyclic) bond motifs is 1. The molecule has 2 aromatic carbocycles. The van der Waals surface area contributed by atoms with E-state index in [4.69, 9.17) is 9.52 Å². The van der Waals surface area contributed by atoms with E-state index >= 15 is 0 Å². The van der Waals surface area contributed by atoms with E-state index in [1.807, 2.05) is 24.3 Å². The Morgan fingerprint density at radius 3 is 2.33 bits per heavy atom. The van der Waals surface area contributed by atoms with Crippen molar-refractivity contribution in [1.82, 2.24) is 4.90 Å². The summed E-state index contributed by atoms with van der Waals surface area (Å²) >= 11 is 0. The molecular formula is C19H18N2O3. The zero-order valence-corrected chi connectivity index (χ0v) is 13.2. The SMILES string of the molecule is O=C(O)N1CCN(c2ccc(-c3cc4ccccc4o3)cc2)CC1. The Morgan fingerprint density at radius 1 is 0.958 bits per heavy atom. The highest BCUT2D eigenvalue weighted by molar-refractivity contribution is 5.82. The van der Waals surface area contributed by atoms with Crippen molar-refractivity contribution in [2.45, 2.75) is 0 Å². The summed E-state index contributed by atoms with van der Waals surface area (Å²) in [5.41, 5.74) is 3.04. The number of piperazine rings is 1. The Bertz CT molecular complexity index is 829. The fourth-order valence-electron chi connectivity index (χ4n) is 3.12. The maximum atomic E-state index is 11.0. The first kappa shape index (κ1) is 14.6. The first-order valence-corrected chi connectivity index (χ1v) is 8.02. The molecule has 5 nitrogen and oxygen atoms in total. The molecule has 0 bridgehead atoms. The van der Waals surface area contributed by atoms with Gasteiger partial charge in [-0.05, 0) is 36.4 Å². The molecule has 0 atom stereocenters. The molecule has 2 heterocycles. The van der Waals surface area contributed by atoms with Gasteiger partial charge in [0.2, 0.25) is 0 Å². The van der Waals surface area contributed by atoms with Gasteiger partial charge in [-0.25, -0.2) is 4.79 Å². The Hall–Kier alpha value is -2.95. The predicted octanol–water partition coefficient (Wildman–Crippen LogP) is 3.90. The summed E-state index contributed by atoms with van der Waals surface area (Å²) in [6.45, 7) is 2.52. The molecule has 0 radical (unpaired) electrons. The Labute approximate surface area is 139 Å². The van der Waals surface area contributed by atoms with E-state index in [0.717, 1.165) is 41.1 Å². The van der Waals surface area contributed by atoms with Crippen molar-refractivity contribution in [2.24, 2.45) is 0 Å². The third kappa shape index (κ3) is 2.69. The van der Waals surface area contributed by atoms with Crippen LogP contribution in [0.15, 0.2) is 59.0 Å². The fourth-order valence-corrected chi connectivity index (χ4v) is 3.12. The van der Waals surface area contributed by atoms with E-state index in [9.17, 15) is 4.79 Å². The van der Waals surface area contributed by atoms with E-state index in [1.54, 1.807) is 0 Å². The average Bonchev–Trinajstić information content (AvgIpc) is 3.06. The monoisotopic (exact) mass is 322 g/mol. The first-order chi connectivity index (χ1) is 11.7. The fraction of sp³-hybridized carbons (Fsp3) is 0.211. The number of nitrogens with zero attached hydrogens (tertiary/aromatic N) is 2. The average molecular weight is 322 g/mol. The molecule has 0 aliphatic carbocycles. The molecule has 1 aliphatic heterocycles. The smallest absolute Gasteiger partial charge is 0.407 e. The number of amides is 1. The molecule has 1 aliphatic rings. The molecule has 0 spiro atoms. The molecule has 4 rings (SSSR count). The van der Waals surface area contributed by atoms with Crippen molar-refractivity contribution in [3.05, 3.63) is 54.6 Å². The highest BCUT2D eigenvalue weighted by Gasteiger charge is 2.20. The zero-order chi connectivity index (χ0) is 16.5. The maximum Gasteiger partial charge on any atom is 0.407 e. The molecule has 5 heteroatoms. The lowest BCUT2D eigenvalue weighted by molar-refractivity contribution is 0.142. The number of rotatable bonds is 2. The van der Waals surface area contributed by atoms with Gasteiger partial charge in [0, 0.05) is 42.8 Å². The third-order valence-corrected chi connectivity index (χ3v) is 4.49. The second-order valence-corrected chi connectivity index (χ2v) is 5.95. The summed E-state index contributed by atoms with van der Waals surface area (Å²) in [6, 6.07) is 18.3. The standard InChI is InChI=1S/C19H18N2O3/c22-19(23)21-11-9-20(10-12-21)16-7-5-14(6-8-16)18-13-15-3-1-2-4-17(15)24-18/h1-8,13H,9-12H2,(H,22,23). The van der Waals surface area contributed by atoms with Crippen LogP contribution in [-0.2, 0) is 0 Å². The molecular weight excluding hydrogens is 304 g/mol. The normalized spacial score (nSPS) is 15.0. The van der Waals surface area contributed by atoms with Gasteiger partial charge < -0.3 is 19.3 Å². The van der Waals surface area contributed by atoms with E-state index < -0.39 is 6.09 Å². The van der Waals surface area contributed by atoms with Crippen LogP contribution in [0.4, 0.5) is 10.5 Å². The van der Waals surface area contributed by atoms with Gasteiger partial charge in [0.25, 0.3) is 0 Å². The number of furan rings is 1. The van der Waals surface area contributed by atoms with Gasteiger partial charge in [-0.3, -0.25) is 0 Å². The second-order valence-electron chi connectivity index (χ2n) is 5.95. The van der Waals surface area contributed by atoms with Crippen molar-refractivity contribution < 1.29 is 14.3 Å². The number of hydrogen-bond donors (Lipinski definition) is 1. The number of carbonyl (C=O) groups is 1. The lowest BCUT2D eigenvalue weighted by atomic mass is 10.1. The van der Waals surface area contributed by atoms with E-state index in [0.29, 0.717) is 13.1 Å². The number of carboxylic acid groups (broad SMARTS) is 1. The summed E-state index contributed by atoms with van der Waals surface area (Å²) in [7, 11) is 0. The van der Waals surface area contributed by atoms with Crippen molar-refractivity contribution >= 4 is 22.7 Å². The van der Waals surface area contributed by atoms with Crippen LogP contribution in [0.5, 0.6) is 0 Å². The van der Waals surface area contributed by atoms with E-state index in [-0.39, 0.29) is 0 Å². The van der Waals surface area contributed by atoms with Crippen molar-refractivity contribution in [1.29, 1.82) is 0 Å². The minimum atomic E-state index is -0.838. The van der Waals surface area contributed by atoms with Gasteiger partial charge in [0.1, 0.15) is 11.3 Å². The lowest BCUT2D eigenvalue weighted by Gasteiger charge is -2.34. The Kier molecular flexibility index (Phi) is 3.61. The van der Waals surface area contributed by atoms with Crippen LogP contribution >= 0.6 is 0 Å². The molecule has 1 amide bonds. The number of para-hydroxylation sites is 1. The number of benzene rings is 2. The highest BCUT2D eigenvalue weighted by Crippen LogP contribution is 2.29. The third-order valence-electron chi connectivity index (χ3n) is 4.49. The van der Waals surface area contributed by atoms with Crippen molar-refractivity contribution in [3.8, 4) is 11.3 Å². The quantitative estimate of drug-likeness (QED) is 0.777. The van der Waals surface area contributed by atoms with E-state index in [2.05, 4.69) is 35.2 Å². The summed E-state index contributed by atoms with van der Waals surface area (Å²) in [4.78, 5) is 14.6. The van der Waals surface area contributed by atoms with Gasteiger partial charge in [0.15, 0.2) is 0 Å². The molecule has 1 aromatic heterocycles. The van der Waals surface area contributed by atoms with Crippen LogP contribution < -0.4 is 4.90 Å². The summed E-state index contributed by atoms with van der Waals surface area (Å²) in [6.07, 6.45) is -0.838. The maximum absolute atomic E-state index is 11.0. The second kappa shape index (κ2) is 5.92. The van der Waals surface area contributed by atoms with Gasteiger partial charge in [-0.2, -0.15) is 0 Å². The molecule has 1 N–H and O–H groups in total. The summed E-state index contributed by atoms with van der Waals surface area (Å²) in [5, 5.41) is 10.1. The van der Waals surface area contributed by atoms with Crippen LogP contribution in [0.1, 0.15) is 0 Å². The molecule has 3 aromatic rings. The van der Waals surface area contributed by atoms with Crippen LogP contribution in [0, 0.1) is 0 Å². The number of anilines is 1. The van der Waals surface area contributed by atoms with Crippen molar-refractivity contribution in [3.63, 3.8) is 0 Å². The van der Waals surface area contributed by atoms with Crippen LogP contribution in [0.2, 0.25) is 0 Å². The molecule has 1 fully saturated rings.